The molecule has 0 bridgehead atoms. The number of nitrogens with zero attached hydrogens (tertiary/aromatic N) is 2. The molecule has 0 saturated carbocycles. The van der Waals surface area contributed by atoms with E-state index in [0.717, 1.165) is 25.7 Å². The van der Waals surface area contributed by atoms with Crippen LogP contribution in [0.15, 0.2) is 0 Å². The van der Waals surface area contributed by atoms with E-state index in [9.17, 15) is 14.4 Å². The summed E-state index contributed by atoms with van der Waals surface area (Å²) in [5, 5.41) is 0. The molecule has 0 rings (SSSR count). The van der Waals surface area contributed by atoms with Gasteiger partial charge in [-0.15, -0.1) is 0 Å². The number of carbonyl (C=O) groups excluding carboxylic acids is 3. The first kappa shape index (κ1) is 24.2. The van der Waals surface area contributed by atoms with Crippen molar-refractivity contribution in [3.63, 3.8) is 0 Å². The molecule has 2 amide bonds. The van der Waals surface area contributed by atoms with Crippen LogP contribution in [-0.2, 0) is 23.8 Å². The van der Waals surface area contributed by atoms with Gasteiger partial charge in [-0.2, -0.15) is 0 Å². The molecular formula is C18H34N2O6. The van der Waals surface area contributed by atoms with Crippen LogP contribution in [0.5, 0.6) is 0 Å². The largest absolute Gasteiger partial charge is 0.464 e. The zero-order chi connectivity index (χ0) is 20.1. The van der Waals surface area contributed by atoms with Crippen LogP contribution in [0.25, 0.3) is 0 Å². The third-order valence-corrected chi connectivity index (χ3v) is 4.25. The molecule has 8 heteroatoms. The molecule has 0 aromatic heterocycles. The van der Waals surface area contributed by atoms with Crippen molar-refractivity contribution in [2.75, 3.05) is 41.0 Å². The lowest BCUT2D eigenvalue weighted by atomic mass is 10.2. The molecule has 0 aromatic rings. The summed E-state index contributed by atoms with van der Waals surface area (Å²) in [4.78, 5) is 39.0. The second-order valence-electron chi connectivity index (χ2n) is 6.25. The molecular weight excluding hydrogens is 340 g/mol. The first-order valence-corrected chi connectivity index (χ1v) is 9.09. The minimum atomic E-state index is -0.769. The van der Waals surface area contributed by atoms with E-state index in [-0.39, 0.29) is 19.1 Å². The summed E-state index contributed by atoms with van der Waals surface area (Å²) in [6.07, 6.45) is 3.43. The fourth-order valence-corrected chi connectivity index (χ4v) is 2.10. The molecule has 0 fully saturated rings. The van der Waals surface area contributed by atoms with E-state index in [1.54, 1.807) is 13.8 Å². The SMILES string of the molecule is CCCCCCOC(=O)C(C)N(C)C(=O)C(C)N(C)C(=O)OCCOC. The first-order chi connectivity index (χ1) is 12.3. The van der Waals surface area contributed by atoms with E-state index in [1.807, 2.05) is 0 Å². The van der Waals surface area contributed by atoms with Crippen molar-refractivity contribution in [3.8, 4) is 0 Å². The van der Waals surface area contributed by atoms with Crippen LogP contribution in [-0.4, -0.2) is 80.9 Å². The number of hydrogen-bond acceptors (Lipinski definition) is 6. The van der Waals surface area contributed by atoms with E-state index in [1.165, 1.54) is 31.0 Å². The van der Waals surface area contributed by atoms with E-state index in [2.05, 4.69) is 6.92 Å². The fourth-order valence-electron chi connectivity index (χ4n) is 2.10. The van der Waals surface area contributed by atoms with Crippen molar-refractivity contribution in [2.45, 2.75) is 58.5 Å². The molecule has 2 atom stereocenters. The standard InChI is InChI=1S/C18H34N2O6/c1-7-8-9-10-11-25-17(22)15(3)19(4)16(21)14(2)20(5)18(23)26-13-12-24-6/h14-15H,7-13H2,1-6H3. The Morgan fingerprint density at radius 2 is 1.50 bits per heavy atom. The third kappa shape index (κ3) is 8.51. The van der Waals surface area contributed by atoms with Gasteiger partial charge in [0.2, 0.25) is 5.91 Å². The van der Waals surface area contributed by atoms with Crippen molar-refractivity contribution in [1.29, 1.82) is 0 Å². The predicted octanol–water partition coefficient (Wildman–Crippen LogP) is 2.06. The maximum Gasteiger partial charge on any atom is 0.410 e. The highest BCUT2D eigenvalue weighted by atomic mass is 16.6. The molecule has 0 aliphatic heterocycles. The van der Waals surface area contributed by atoms with Crippen molar-refractivity contribution >= 4 is 18.0 Å². The summed E-state index contributed by atoms with van der Waals surface area (Å²) in [6.45, 7) is 6.04. The van der Waals surface area contributed by atoms with Crippen molar-refractivity contribution in [2.24, 2.45) is 0 Å². The van der Waals surface area contributed by atoms with Gasteiger partial charge in [-0.3, -0.25) is 9.69 Å². The second-order valence-corrected chi connectivity index (χ2v) is 6.25. The monoisotopic (exact) mass is 374 g/mol. The Bertz CT molecular complexity index is 443. The number of amides is 2. The lowest BCUT2D eigenvalue weighted by Crippen LogP contribution is -2.51. The summed E-state index contributed by atoms with van der Waals surface area (Å²) >= 11 is 0. The highest BCUT2D eigenvalue weighted by molar-refractivity contribution is 5.89. The van der Waals surface area contributed by atoms with E-state index in [0.29, 0.717) is 6.61 Å². The Morgan fingerprint density at radius 1 is 0.846 bits per heavy atom. The summed E-state index contributed by atoms with van der Waals surface area (Å²) in [7, 11) is 4.50. The molecule has 0 heterocycles. The van der Waals surface area contributed by atoms with Gasteiger partial charge in [0, 0.05) is 21.2 Å². The third-order valence-electron chi connectivity index (χ3n) is 4.25. The number of carbonyl (C=O) groups is 3. The Kier molecular flexibility index (Phi) is 12.4. The fraction of sp³-hybridized carbons (Fsp3) is 0.833. The summed E-state index contributed by atoms with van der Waals surface area (Å²) in [5.41, 5.74) is 0. The van der Waals surface area contributed by atoms with E-state index < -0.39 is 24.1 Å². The Morgan fingerprint density at radius 3 is 2.08 bits per heavy atom. The maximum absolute atomic E-state index is 12.5. The molecule has 0 saturated heterocycles. The predicted molar refractivity (Wildman–Crippen MR) is 97.8 cm³/mol. The number of unbranched alkanes of at least 4 members (excludes halogenated alkanes) is 3. The molecule has 0 aliphatic carbocycles. The van der Waals surface area contributed by atoms with Crippen LogP contribution in [0.4, 0.5) is 4.79 Å². The number of rotatable bonds is 12. The smallest absolute Gasteiger partial charge is 0.410 e. The van der Waals surface area contributed by atoms with Gasteiger partial charge in [-0.05, 0) is 20.3 Å². The minimum absolute atomic E-state index is 0.108. The number of methoxy groups -OCH3 is 1. The summed E-state index contributed by atoms with van der Waals surface area (Å²) < 4.78 is 15.0. The zero-order valence-electron chi connectivity index (χ0n) is 16.9. The lowest BCUT2D eigenvalue weighted by molar-refractivity contribution is -0.154. The Hall–Kier alpha value is -1.83. The highest BCUT2D eigenvalue weighted by Crippen LogP contribution is 2.08. The summed E-state index contributed by atoms with van der Waals surface area (Å²) in [6, 6.07) is -1.50. The number of hydrogen-bond donors (Lipinski definition) is 0. The number of esters is 1. The van der Waals surface area contributed by atoms with Crippen molar-refractivity contribution in [1.82, 2.24) is 9.80 Å². The average Bonchev–Trinajstić information content (AvgIpc) is 2.64. The maximum atomic E-state index is 12.5. The molecule has 0 aliphatic rings. The topological polar surface area (TPSA) is 85.4 Å². The minimum Gasteiger partial charge on any atom is -0.464 e. The van der Waals surface area contributed by atoms with Crippen LogP contribution in [0.2, 0.25) is 0 Å². The molecule has 0 radical (unpaired) electrons. The van der Waals surface area contributed by atoms with Gasteiger partial charge in [0.25, 0.3) is 0 Å². The van der Waals surface area contributed by atoms with Crippen LogP contribution in [0.3, 0.4) is 0 Å². The second kappa shape index (κ2) is 13.4. The van der Waals surface area contributed by atoms with Gasteiger partial charge in [-0.25, -0.2) is 9.59 Å². The molecule has 26 heavy (non-hydrogen) atoms. The molecule has 0 spiro atoms. The van der Waals surface area contributed by atoms with Crippen molar-refractivity contribution in [3.05, 3.63) is 0 Å². The highest BCUT2D eigenvalue weighted by Gasteiger charge is 2.31. The molecule has 0 aromatic carbocycles. The van der Waals surface area contributed by atoms with Gasteiger partial charge in [0.05, 0.1) is 13.2 Å². The molecule has 0 N–H and O–H groups in total. The molecule has 152 valence electrons. The zero-order valence-corrected chi connectivity index (χ0v) is 16.9. The normalized spacial score (nSPS) is 12.8. The van der Waals surface area contributed by atoms with Gasteiger partial charge < -0.3 is 19.1 Å². The lowest BCUT2D eigenvalue weighted by Gasteiger charge is -2.30. The quantitative estimate of drug-likeness (QED) is 0.384. The van der Waals surface area contributed by atoms with Crippen LogP contribution in [0, 0.1) is 0 Å². The van der Waals surface area contributed by atoms with Gasteiger partial charge >= 0.3 is 12.1 Å². The molecule has 8 nitrogen and oxygen atoms in total. The number of likely N-dealkylation sites (N-methyl/N-ethyl adjacent to an activating group) is 2. The Labute approximate surface area is 156 Å². The van der Waals surface area contributed by atoms with Crippen LogP contribution >= 0.6 is 0 Å². The number of ether oxygens (including phenoxy) is 3. The van der Waals surface area contributed by atoms with Gasteiger partial charge in [0.15, 0.2) is 0 Å². The van der Waals surface area contributed by atoms with Crippen LogP contribution in [0.1, 0.15) is 46.5 Å². The van der Waals surface area contributed by atoms with E-state index >= 15 is 0 Å². The van der Waals surface area contributed by atoms with E-state index in [4.69, 9.17) is 14.2 Å². The van der Waals surface area contributed by atoms with Crippen LogP contribution < -0.4 is 0 Å². The van der Waals surface area contributed by atoms with Gasteiger partial charge in [0.1, 0.15) is 18.7 Å². The molecule has 2 unspecified atom stereocenters. The Balaban J connectivity index is 4.47. The van der Waals surface area contributed by atoms with Gasteiger partial charge in [-0.1, -0.05) is 26.2 Å². The summed E-state index contributed by atoms with van der Waals surface area (Å²) in [5.74, 6) is -0.818. The first-order valence-electron chi connectivity index (χ1n) is 9.09. The average molecular weight is 374 g/mol. The van der Waals surface area contributed by atoms with Crippen molar-refractivity contribution < 1.29 is 28.6 Å².